The van der Waals surface area contributed by atoms with Crippen molar-refractivity contribution < 1.29 is 28.2 Å². The highest BCUT2D eigenvalue weighted by Crippen LogP contribution is 2.41. The van der Waals surface area contributed by atoms with Crippen LogP contribution in [-0.2, 0) is 4.74 Å². The zero-order valence-electron chi connectivity index (χ0n) is 25.0. The number of aliphatic hydroxyl groups is 1. The summed E-state index contributed by atoms with van der Waals surface area (Å²) in [6.45, 7) is 6.39. The topological polar surface area (TPSA) is 115 Å². The number of nitrogens with one attached hydrogen (secondary N) is 2. The van der Waals surface area contributed by atoms with Crippen LogP contribution in [0.5, 0.6) is 0 Å². The van der Waals surface area contributed by atoms with Gasteiger partial charge in [0.25, 0.3) is 5.91 Å². The molecule has 1 aromatic heterocycles. The molecule has 8 nitrogen and oxygen atoms in total. The summed E-state index contributed by atoms with van der Waals surface area (Å²) in [4.78, 5) is 28.7. The molecule has 2 fully saturated rings. The van der Waals surface area contributed by atoms with Gasteiger partial charge < -0.3 is 25.4 Å². The van der Waals surface area contributed by atoms with E-state index in [-0.39, 0.29) is 29.7 Å². The van der Waals surface area contributed by atoms with Crippen molar-refractivity contribution in [3.05, 3.63) is 64.5 Å². The Morgan fingerprint density at radius 2 is 1.84 bits per heavy atom. The molecule has 0 unspecified atom stereocenters. The molecule has 2 heterocycles. The summed E-state index contributed by atoms with van der Waals surface area (Å²) in [6, 6.07) is 12.1. The van der Waals surface area contributed by atoms with E-state index < -0.39 is 28.9 Å². The van der Waals surface area contributed by atoms with Crippen molar-refractivity contribution in [2.75, 3.05) is 25.0 Å². The molecule has 1 aliphatic heterocycles. The Morgan fingerprint density at radius 3 is 2.48 bits per heavy atom. The van der Waals surface area contributed by atoms with Crippen molar-refractivity contribution >= 4 is 29.0 Å². The lowest BCUT2D eigenvalue weighted by atomic mass is 9.80. The van der Waals surface area contributed by atoms with Gasteiger partial charge >= 0.3 is 6.09 Å². The molecule has 44 heavy (non-hydrogen) atoms. The SMILES string of the molecule is CC(C)(C)OC(=O)N[C@@H]1CCCN(C(=O)c2cc(-c3ccc(C#N)c(F)c3)c(-c3ccc(NCC4(O)CCC4)c(F)c3)s2)C1. The van der Waals surface area contributed by atoms with Crippen molar-refractivity contribution in [2.24, 2.45) is 0 Å². The molecule has 232 valence electrons. The molecule has 1 saturated carbocycles. The van der Waals surface area contributed by atoms with E-state index in [0.717, 1.165) is 6.42 Å². The van der Waals surface area contributed by atoms with E-state index in [1.807, 2.05) is 6.07 Å². The number of benzene rings is 2. The maximum Gasteiger partial charge on any atom is 0.407 e. The Morgan fingerprint density at radius 1 is 1.11 bits per heavy atom. The zero-order chi connectivity index (χ0) is 31.6. The number of nitrogens with zero attached hydrogens (tertiary/aromatic N) is 2. The van der Waals surface area contributed by atoms with Crippen LogP contribution in [0.2, 0.25) is 0 Å². The third-order valence-corrected chi connectivity index (χ3v) is 9.07. The van der Waals surface area contributed by atoms with Crippen molar-refractivity contribution in [1.29, 1.82) is 5.26 Å². The molecule has 0 radical (unpaired) electrons. The van der Waals surface area contributed by atoms with Crippen LogP contribution in [0.25, 0.3) is 21.6 Å². The maximum atomic E-state index is 15.3. The van der Waals surface area contributed by atoms with Gasteiger partial charge in [0.1, 0.15) is 23.3 Å². The van der Waals surface area contributed by atoms with Gasteiger partial charge in [-0.2, -0.15) is 5.26 Å². The summed E-state index contributed by atoms with van der Waals surface area (Å²) in [5.41, 5.74) is 0.168. The van der Waals surface area contributed by atoms with Gasteiger partial charge in [0.2, 0.25) is 0 Å². The lowest BCUT2D eigenvalue weighted by molar-refractivity contribution is -0.0202. The summed E-state index contributed by atoms with van der Waals surface area (Å²) in [7, 11) is 0. The number of piperidine rings is 1. The number of likely N-dealkylation sites (tertiary alicyclic amines) is 1. The minimum absolute atomic E-state index is 0.103. The Kier molecular flexibility index (Phi) is 8.95. The predicted molar refractivity (Wildman–Crippen MR) is 165 cm³/mol. The number of carbonyl (C=O) groups is 2. The maximum absolute atomic E-state index is 15.3. The Labute approximate surface area is 259 Å². The molecule has 1 atom stereocenters. The summed E-state index contributed by atoms with van der Waals surface area (Å²) < 4.78 is 35.3. The van der Waals surface area contributed by atoms with E-state index in [1.54, 1.807) is 49.9 Å². The largest absolute Gasteiger partial charge is 0.444 e. The number of hydrogen-bond donors (Lipinski definition) is 3. The van der Waals surface area contributed by atoms with Gasteiger partial charge in [-0.1, -0.05) is 12.1 Å². The highest BCUT2D eigenvalue weighted by Gasteiger charge is 2.34. The molecule has 1 saturated heterocycles. The van der Waals surface area contributed by atoms with Crippen LogP contribution in [0.3, 0.4) is 0 Å². The molecule has 2 amide bonds. The highest BCUT2D eigenvalue weighted by molar-refractivity contribution is 7.18. The van der Waals surface area contributed by atoms with Gasteiger partial charge in [-0.05, 0) is 94.3 Å². The first-order valence-electron chi connectivity index (χ1n) is 14.7. The lowest BCUT2D eigenvalue weighted by Gasteiger charge is -2.36. The molecule has 1 aliphatic carbocycles. The van der Waals surface area contributed by atoms with Crippen molar-refractivity contribution in [2.45, 2.75) is 70.1 Å². The molecule has 11 heteroatoms. The molecule has 3 aromatic rings. The third-order valence-electron chi connectivity index (χ3n) is 7.90. The number of carbonyl (C=O) groups excluding carboxylic acids is 2. The highest BCUT2D eigenvalue weighted by atomic mass is 32.1. The summed E-state index contributed by atoms with van der Waals surface area (Å²) in [5.74, 6) is -1.46. The fraction of sp³-hybridized carbons (Fsp3) is 0.424. The van der Waals surface area contributed by atoms with Crippen molar-refractivity contribution in [3.63, 3.8) is 0 Å². The van der Waals surface area contributed by atoms with Crippen LogP contribution in [0.4, 0.5) is 19.3 Å². The first-order valence-corrected chi connectivity index (χ1v) is 15.5. The summed E-state index contributed by atoms with van der Waals surface area (Å²) in [5, 5.41) is 25.4. The van der Waals surface area contributed by atoms with Gasteiger partial charge in [-0.3, -0.25) is 4.79 Å². The number of nitriles is 1. The van der Waals surface area contributed by atoms with Gasteiger partial charge in [-0.25, -0.2) is 13.6 Å². The van der Waals surface area contributed by atoms with Crippen molar-refractivity contribution in [3.8, 4) is 27.6 Å². The normalized spacial score (nSPS) is 17.8. The quantitative estimate of drug-likeness (QED) is 0.271. The van der Waals surface area contributed by atoms with Gasteiger partial charge in [0.15, 0.2) is 0 Å². The number of hydrogen-bond acceptors (Lipinski definition) is 7. The van der Waals surface area contributed by atoms with Crippen LogP contribution in [0, 0.1) is 23.0 Å². The van der Waals surface area contributed by atoms with Gasteiger partial charge in [-0.15, -0.1) is 11.3 Å². The minimum atomic E-state index is -0.823. The zero-order valence-corrected chi connectivity index (χ0v) is 25.8. The number of rotatable bonds is 7. The van der Waals surface area contributed by atoms with Crippen LogP contribution in [0.15, 0.2) is 42.5 Å². The fourth-order valence-corrected chi connectivity index (χ4v) is 6.57. The number of anilines is 1. The van der Waals surface area contributed by atoms with Crippen LogP contribution < -0.4 is 10.6 Å². The van der Waals surface area contributed by atoms with E-state index in [1.165, 1.54) is 29.5 Å². The third kappa shape index (κ3) is 7.20. The number of amides is 2. The smallest absolute Gasteiger partial charge is 0.407 e. The number of ether oxygens (including phenoxy) is 1. The van der Waals surface area contributed by atoms with E-state index in [9.17, 15) is 24.3 Å². The molecular formula is C33H36F2N4O4S. The van der Waals surface area contributed by atoms with Crippen LogP contribution >= 0.6 is 11.3 Å². The predicted octanol–water partition coefficient (Wildman–Crippen LogP) is 6.69. The van der Waals surface area contributed by atoms with Gasteiger partial charge in [0, 0.05) is 36.1 Å². The van der Waals surface area contributed by atoms with E-state index in [0.29, 0.717) is 65.2 Å². The van der Waals surface area contributed by atoms with Crippen LogP contribution in [-0.4, -0.2) is 58.9 Å². The minimum Gasteiger partial charge on any atom is -0.444 e. The molecule has 2 aromatic carbocycles. The molecule has 3 N–H and O–H groups in total. The van der Waals surface area contributed by atoms with Crippen molar-refractivity contribution in [1.82, 2.24) is 10.2 Å². The first kappa shape index (κ1) is 31.4. The van der Waals surface area contributed by atoms with Crippen LogP contribution in [0.1, 0.15) is 68.1 Å². The molecule has 5 rings (SSSR count). The average Bonchev–Trinajstić information content (AvgIpc) is 3.40. The standard InChI is InChI=1S/C33H36F2N4O4S/c1-32(2,3)43-31(41)38-23-6-4-13-39(18-23)30(40)28-16-24(20-7-8-22(17-36)25(34)14-20)29(44-28)21-9-10-27(26(35)15-21)37-19-33(42)11-5-12-33/h7-10,14-16,23,37,42H,4-6,11-13,18-19H2,1-3H3,(H,38,41)/t23-/m1/s1. The Balaban J connectivity index is 1.42. The van der Waals surface area contributed by atoms with E-state index in [2.05, 4.69) is 10.6 Å². The Bertz CT molecular complexity index is 1610. The molecule has 2 aliphatic rings. The number of halogens is 2. The Hall–Kier alpha value is -4.01. The average molecular weight is 623 g/mol. The van der Waals surface area contributed by atoms with E-state index in [4.69, 9.17) is 4.74 Å². The summed E-state index contributed by atoms with van der Waals surface area (Å²) in [6.07, 6.45) is 3.13. The molecule has 0 spiro atoms. The molecule has 0 bridgehead atoms. The fourth-order valence-electron chi connectivity index (χ4n) is 5.43. The second kappa shape index (κ2) is 12.5. The molecular weight excluding hydrogens is 586 g/mol. The lowest BCUT2D eigenvalue weighted by Crippen LogP contribution is -2.50. The second-order valence-electron chi connectivity index (χ2n) is 12.5. The first-order chi connectivity index (χ1) is 20.8. The van der Waals surface area contributed by atoms with E-state index >= 15 is 4.39 Å². The summed E-state index contributed by atoms with van der Waals surface area (Å²) >= 11 is 1.18. The number of thiophene rings is 1. The monoisotopic (exact) mass is 622 g/mol. The second-order valence-corrected chi connectivity index (χ2v) is 13.6. The van der Waals surface area contributed by atoms with Gasteiger partial charge in [0.05, 0.1) is 21.7 Å². The number of alkyl carbamates (subject to hydrolysis) is 1.